The van der Waals surface area contributed by atoms with Crippen LogP contribution in [0, 0.1) is 0 Å². The molecule has 3 unspecified atom stereocenters. The molecule has 3 N–H and O–H groups in total. The van der Waals surface area contributed by atoms with Crippen LogP contribution in [0.5, 0.6) is 0 Å². The Morgan fingerprint density at radius 1 is 1.47 bits per heavy atom. The number of methoxy groups -OCH3 is 1. The molecule has 0 aromatic heterocycles. The van der Waals surface area contributed by atoms with Crippen LogP contribution >= 0.6 is 0 Å². The SMILES string of the molecule is COCC(CO)NC(=O)C1CCC(C(=O)O)O1. The average molecular weight is 247 g/mol. The quantitative estimate of drug-likeness (QED) is 0.541. The van der Waals surface area contributed by atoms with Crippen LogP contribution in [-0.2, 0) is 19.1 Å². The highest BCUT2D eigenvalue weighted by Gasteiger charge is 2.35. The third kappa shape index (κ3) is 3.95. The van der Waals surface area contributed by atoms with Gasteiger partial charge in [-0.25, -0.2) is 4.79 Å². The third-order valence-electron chi connectivity index (χ3n) is 2.52. The molecule has 3 atom stereocenters. The number of ether oxygens (including phenoxy) is 2. The number of amides is 1. The van der Waals surface area contributed by atoms with Gasteiger partial charge in [0.25, 0.3) is 0 Å². The molecule has 1 aliphatic heterocycles. The molecule has 0 radical (unpaired) electrons. The molecule has 7 heteroatoms. The van der Waals surface area contributed by atoms with Crippen LogP contribution in [0.2, 0.25) is 0 Å². The van der Waals surface area contributed by atoms with E-state index in [1.807, 2.05) is 0 Å². The van der Waals surface area contributed by atoms with Crippen LogP contribution in [0.3, 0.4) is 0 Å². The summed E-state index contributed by atoms with van der Waals surface area (Å²) in [5, 5.41) is 20.2. The van der Waals surface area contributed by atoms with Crippen LogP contribution in [0.1, 0.15) is 12.8 Å². The minimum Gasteiger partial charge on any atom is -0.479 e. The second-order valence-electron chi connectivity index (χ2n) is 3.87. The van der Waals surface area contributed by atoms with Gasteiger partial charge in [-0.1, -0.05) is 0 Å². The Hall–Kier alpha value is -1.18. The molecule has 1 heterocycles. The van der Waals surface area contributed by atoms with Crippen molar-refractivity contribution < 1.29 is 29.3 Å². The molecule has 0 spiro atoms. The number of carbonyl (C=O) groups is 2. The standard InChI is InChI=1S/C10H17NO6/c1-16-5-6(4-12)11-9(13)7-2-3-8(17-7)10(14)15/h6-8,12H,2-5H2,1H3,(H,11,13)(H,14,15). The molecule has 1 aliphatic rings. The van der Waals surface area contributed by atoms with Crippen molar-refractivity contribution in [1.29, 1.82) is 0 Å². The van der Waals surface area contributed by atoms with E-state index < -0.39 is 30.1 Å². The lowest BCUT2D eigenvalue weighted by atomic mass is 10.2. The molecular formula is C10H17NO6. The van der Waals surface area contributed by atoms with Crippen LogP contribution in [-0.4, -0.2) is 60.7 Å². The van der Waals surface area contributed by atoms with Crippen LogP contribution in [0.15, 0.2) is 0 Å². The number of carboxylic acid groups (broad SMARTS) is 1. The molecule has 0 aromatic rings. The average Bonchev–Trinajstić information content (AvgIpc) is 2.77. The lowest BCUT2D eigenvalue weighted by Gasteiger charge is -2.18. The lowest BCUT2D eigenvalue weighted by molar-refractivity contribution is -0.152. The summed E-state index contributed by atoms with van der Waals surface area (Å²) in [6.45, 7) is -0.0496. The number of hydrogen-bond acceptors (Lipinski definition) is 5. The number of aliphatic carboxylic acids is 1. The molecule has 1 amide bonds. The van der Waals surface area contributed by atoms with Gasteiger partial charge in [0.05, 0.1) is 19.3 Å². The Morgan fingerprint density at radius 3 is 2.59 bits per heavy atom. The minimum absolute atomic E-state index is 0.192. The fraction of sp³-hybridized carbons (Fsp3) is 0.800. The molecular weight excluding hydrogens is 230 g/mol. The van der Waals surface area contributed by atoms with Crippen molar-refractivity contribution in [2.24, 2.45) is 0 Å². The van der Waals surface area contributed by atoms with Crippen LogP contribution in [0.4, 0.5) is 0 Å². The largest absolute Gasteiger partial charge is 0.479 e. The first-order chi connectivity index (χ1) is 8.08. The van der Waals surface area contributed by atoms with Gasteiger partial charge in [-0.05, 0) is 12.8 Å². The summed E-state index contributed by atoms with van der Waals surface area (Å²) >= 11 is 0. The second kappa shape index (κ2) is 6.53. The summed E-state index contributed by atoms with van der Waals surface area (Å²) in [4.78, 5) is 22.3. The van der Waals surface area contributed by atoms with Crippen LogP contribution < -0.4 is 5.32 Å². The maximum atomic E-state index is 11.7. The zero-order chi connectivity index (χ0) is 12.8. The first-order valence-electron chi connectivity index (χ1n) is 5.37. The number of nitrogens with one attached hydrogen (secondary N) is 1. The monoisotopic (exact) mass is 247 g/mol. The van der Waals surface area contributed by atoms with Crippen molar-refractivity contribution in [3.63, 3.8) is 0 Å². The number of carbonyl (C=O) groups excluding carboxylic acids is 1. The van der Waals surface area contributed by atoms with E-state index in [2.05, 4.69) is 5.32 Å². The Kier molecular flexibility index (Phi) is 5.33. The molecule has 1 rings (SSSR count). The van der Waals surface area contributed by atoms with Crippen LogP contribution in [0.25, 0.3) is 0 Å². The van der Waals surface area contributed by atoms with Gasteiger partial charge in [-0.3, -0.25) is 4.79 Å². The fourth-order valence-electron chi connectivity index (χ4n) is 1.65. The van der Waals surface area contributed by atoms with Crippen molar-refractivity contribution >= 4 is 11.9 Å². The summed E-state index contributed by atoms with van der Waals surface area (Å²) in [5.41, 5.74) is 0. The molecule has 0 aromatic carbocycles. The third-order valence-corrected chi connectivity index (χ3v) is 2.52. The van der Waals surface area contributed by atoms with Crippen molar-refractivity contribution in [3.8, 4) is 0 Å². The summed E-state index contributed by atoms with van der Waals surface area (Å²) in [6, 6.07) is -0.500. The van der Waals surface area contributed by atoms with Gasteiger partial charge in [0.15, 0.2) is 6.10 Å². The smallest absolute Gasteiger partial charge is 0.332 e. The predicted molar refractivity (Wildman–Crippen MR) is 56.4 cm³/mol. The normalized spacial score (nSPS) is 25.5. The van der Waals surface area contributed by atoms with Crippen molar-refractivity contribution in [3.05, 3.63) is 0 Å². The van der Waals surface area contributed by atoms with E-state index in [9.17, 15) is 9.59 Å². The number of carboxylic acids is 1. The predicted octanol–water partition coefficient (Wildman–Crippen LogP) is -1.26. The van der Waals surface area contributed by atoms with Gasteiger partial charge in [0.1, 0.15) is 6.10 Å². The Morgan fingerprint density at radius 2 is 2.12 bits per heavy atom. The van der Waals surface area contributed by atoms with E-state index in [0.29, 0.717) is 12.8 Å². The summed E-state index contributed by atoms with van der Waals surface area (Å²) in [5.74, 6) is -1.47. The zero-order valence-corrected chi connectivity index (χ0v) is 9.59. The van der Waals surface area contributed by atoms with Crippen molar-refractivity contribution in [2.75, 3.05) is 20.3 Å². The minimum atomic E-state index is -1.06. The molecule has 7 nitrogen and oxygen atoms in total. The van der Waals surface area contributed by atoms with Gasteiger partial charge in [-0.2, -0.15) is 0 Å². The number of aliphatic hydroxyl groups excluding tert-OH is 1. The molecule has 1 saturated heterocycles. The molecule has 0 saturated carbocycles. The van der Waals surface area contributed by atoms with E-state index in [0.717, 1.165) is 0 Å². The van der Waals surface area contributed by atoms with E-state index in [4.69, 9.17) is 19.7 Å². The van der Waals surface area contributed by atoms with Gasteiger partial charge in [-0.15, -0.1) is 0 Å². The highest BCUT2D eigenvalue weighted by atomic mass is 16.5. The van der Waals surface area contributed by atoms with Crippen molar-refractivity contribution in [2.45, 2.75) is 31.1 Å². The fourth-order valence-corrected chi connectivity index (χ4v) is 1.65. The first-order valence-corrected chi connectivity index (χ1v) is 5.37. The van der Waals surface area contributed by atoms with E-state index in [1.54, 1.807) is 0 Å². The van der Waals surface area contributed by atoms with Gasteiger partial charge < -0.3 is 25.0 Å². The highest BCUT2D eigenvalue weighted by molar-refractivity contribution is 5.82. The Balaban J connectivity index is 2.41. The van der Waals surface area contributed by atoms with Gasteiger partial charge >= 0.3 is 5.97 Å². The molecule has 1 fully saturated rings. The topological polar surface area (TPSA) is 105 Å². The Bertz CT molecular complexity index is 282. The lowest BCUT2D eigenvalue weighted by Crippen LogP contribution is -2.45. The summed E-state index contributed by atoms with van der Waals surface area (Å²) < 4.78 is 9.88. The highest BCUT2D eigenvalue weighted by Crippen LogP contribution is 2.19. The molecule has 17 heavy (non-hydrogen) atoms. The molecule has 0 bridgehead atoms. The van der Waals surface area contributed by atoms with Gasteiger partial charge in [0.2, 0.25) is 5.91 Å². The maximum absolute atomic E-state index is 11.7. The van der Waals surface area contributed by atoms with Crippen molar-refractivity contribution in [1.82, 2.24) is 5.32 Å². The van der Waals surface area contributed by atoms with Gasteiger partial charge in [0, 0.05) is 7.11 Å². The first kappa shape index (κ1) is 13.9. The van der Waals surface area contributed by atoms with E-state index in [-0.39, 0.29) is 13.2 Å². The van der Waals surface area contributed by atoms with E-state index in [1.165, 1.54) is 7.11 Å². The maximum Gasteiger partial charge on any atom is 0.332 e. The van der Waals surface area contributed by atoms with E-state index >= 15 is 0 Å². The molecule has 0 aliphatic carbocycles. The summed E-state index contributed by atoms with van der Waals surface area (Å²) in [7, 11) is 1.46. The Labute approximate surface area is 98.7 Å². The zero-order valence-electron chi connectivity index (χ0n) is 9.59. The number of aliphatic hydroxyl groups is 1. The molecule has 98 valence electrons. The number of rotatable bonds is 6. The second-order valence-corrected chi connectivity index (χ2v) is 3.87. The summed E-state index contributed by atoms with van der Waals surface area (Å²) in [6.07, 6.45) is -0.988. The number of hydrogen-bond donors (Lipinski definition) is 3.